The van der Waals surface area contributed by atoms with E-state index in [2.05, 4.69) is 20.4 Å². The minimum absolute atomic E-state index is 0.0108. The van der Waals surface area contributed by atoms with Crippen molar-refractivity contribution in [1.29, 1.82) is 0 Å². The molecule has 0 bridgehead atoms. The molecule has 0 radical (unpaired) electrons. The monoisotopic (exact) mass is 364 g/mol. The Balaban J connectivity index is 1.88. The van der Waals surface area contributed by atoms with Crippen molar-refractivity contribution < 1.29 is 18.0 Å². The standard InChI is InChI=1S/C16H15F3N6O/c1-24(2)9-10-4-5-11(8-12(10)16(17,18)19)21-14(26)13-22-15-20-6-3-7-25(15)23-13/h3-8H,9H2,1-2H3,(H,21,26). The maximum absolute atomic E-state index is 13.3. The van der Waals surface area contributed by atoms with E-state index >= 15 is 0 Å². The molecule has 7 nitrogen and oxygen atoms in total. The number of halogens is 3. The van der Waals surface area contributed by atoms with E-state index in [0.29, 0.717) is 0 Å². The van der Waals surface area contributed by atoms with Crippen LogP contribution in [0.3, 0.4) is 0 Å². The molecular formula is C16H15F3N6O. The Hall–Kier alpha value is -3.01. The van der Waals surface area contributed by atoms with Crippen LogP contribution in [0.25, 0.3) is 5.78 Å². The van der Waals surface area contributed by atoms with Crippen molar-refractivity contribution in [3.63, 3.8) is 0 Å². The Morgan fingerprint density at radius 1 is 1.31 bits per heavy atom. The summed E-state index contributed by atoms with van der Waals surface area (Å²) >= 11 is 0. The largest absolute Gasteiger partial charge is 0.416 e. The van der Waals surface area contributed by atoms with Gasteiger partial charge in [0.25, 0.3) is 11.7 Å². The van der Waals surface area contributed by atoms with Crippen molar-refractivity contribution in [2.24, 2.45) is 0 Å². The molecule has 26 heavy (non-hydrogen) atoms. The molecule has 1 aromatic carbocycles. The molecule has 2 heterocycles. The smallest absolute Gasteiger partial charge is 0.319 e. The number of hydrogen-bond donors (Lipinski definition) is 1. The minimum atomic E-state index is -4.53. The molecule has 0 aliphatic carbocycles. The third-order valence-electron chi connectivity index (χ3n) is 3.48. The summed E-state index contributed by atoms with van der Waals surface area (Å²) < 4.78 is 41.2. The Kier molecular flexibility index (Phi) is 4.60. The van der Waals surface area contributed by atoms with Crippen LogP contribution in [-0.2, 0) is 12.7 Å². The van der Waals surface area contributed by atoms with Gasteiger partial charge in [-0.1, -0.05) is 6.07 Å². The fourth-order valence-corrected chi connectivity index (χ4v) is 2.41. The fourth-order valence-electron chi connectivity index (χ4n) is 2.41. The van der Waals surface area contributed by atoms with Gasteiger partial charge >= 0.3 is 6.18 Å². The van der Waals surface area contributed by atoms with Gasteiger partial charge in [-0.25, -0.2) is 9.50 Å². The van der Waals surface area contributed by atoms with E-state index < -0.39 is 17.6 Å². The van der Waals surface area contributed by atoms with Crippen molar-refractivity contribution in [3.05, 3.63) is 53.6 Å². The zero-order valence-corrected chi connectivity index (χ0v) is 13.9. The molecule has 2 aromatic heterocycles. The summed E-state index contributed by atoms with van der Waals surface area (Å²) in [6.07, 6.45) is -1.48. The van der Waals surface area contributed by atoms with E-state index in [4.69, 9.17) is 0 Å². The number of alkyl halides is 3. The molecule has 0 unspecified atom stereocenters. The lowest BCUT2D eigenvalue weighted by molar-refractivity contribution is -0.138. The first kappa shape index (κ1) is 17.8. The number of hydrogen-bond acceptors (Lipinski definition) is 5. The van der Waals surface area contributed by atoms with Gasteiger partial charge in [0.05, 0.1) is 5.56 Å². The van der Waals surface area contributed by atoms with Gasteiger partial charge in [-0.2, -0.15) is 18.2 Å². The van der Waals surface area contributed by atoms with Gasteiger partial charge in [0.15, 0.2) is 0 Å². The van der Waals surface area contributed by atoms with E-state index in [1.807, 2.05) is 0 Å². The number of rotatable bonds is 4. The Morgan fingerprint density at radius 3 is 2.73 bits per heavy atom. The molecule has 0 aliphatic rings. The highest BCUT2D eigenvalue weighted by atomic mass is 19.4. The van der Waals surface area contributed by atoms with Crippen LogP contribution in [0.4, 0.5) is 18.9 Å². The summed E-state index contributed by atoms with van der Waals surface area (Å²) in [6, 6.07) is 5.28. The SMILES string of the molecule is CN(C)Cc1ccc(NC(=O)c2nc3ncccn3n2)cc1C(F)(F)F. The number of carbonyl (C=O) groups is 1. The second-order valence-corrected chi connectivity index (χ2v) is 5.86. The van der Waals surface area contributed by atoms with E-state index in [0.717, 1.165) is 6.07 Å². The summed E-state index contributed by atoms with van der Waals surface area (Å²) in [7, 11) is 3.36. The molecule has 136 valence electrons. The Morgan fingerprint density at radius 2 is 2.08 bits per heavy atom. The summed E-state index contributed by atoms with van der Waals surface area (Å²) in [5.41, 5.74) is -0.666. The van der Waals surface area contributed by atoms with Crippen LogP contribution in [0.1, 0.15) is 21.7 Å². The second-order valence-electron chi connectivity index (χ2n) is 5.86. The topological polar surface area (TPSA) is 75.4 Å². The lowest BCUT2D eigenvalue weighted by atomic mass is 10.1. The summed E-state index contributed by atoms with van der Waals surface area (Å²) in [4.78, 5) is 21.7. The molecular weight excluding hydrogens is 349 g/mol. The molecule has 1 N–H and O–H groups in total. The number of anilines is 1. The predicted molar refractivity (Wildman–Crippen MR) is 87.6 cm³/mol. The maximum atomic E-state index is 13.3. The van der Waals surface area contributed by atoms with E-state index in [9.17, 15) is 18.0 Å². The molecule has 0 atom stereocenters. The minimum Gasteiger partial charge on any atom is -0.319 e. The van der Waals surface area contributed by atoms with Crippen LogP contribution in [-0.4, -0.2) is 44.5 Å². The first-order chi connectivity index (χ1) is 12.2. The lowest BCUT2D eigenvalue weighted by Gasteiger charge is -2.17. The molecule has 3 aromatic rings. The number of nitrogens with zero attached hydrogens (tertiary/aromatic N) is 5. The molecule has 0 aliphatic heterocycles. The van der Waals surface area contributed by atoms with E-state index in [1.54, 1.807) is 31.3 Å². The average Bonchev–Trinajstić information content (AvgIpc) is 2.99. The van der Waals surface area contributed by atoms with Crippen LogP contribution in [0.2, 0.25) is 0 Å². The fraction of sp³-hybridized carbons (Fsp3) is 0.250. The molecule has 1 amide bonds. The number of benzene rings is 1. The first-order valence-electron chi connectivity index (χ1n) is 7.57. The third-order valence-corrected chi connectivity index (χ3v) is 3.48. The maximum Gasteiger partial charge on any atom is 0.416 e. The quantitative estimate of drug-likeness (QED) is 0.770. The van der Waals surface area contributed by atoms with Crippen LogP contribution < -0.4 is 5.32 Å². The van der Waals surface area contributed by atoms with Crippen LogP contribution in [0, 0.1) is 0 Å². The Bertz CT molecular complexity index is 918. The van der Waals surface area contributed by atoms with Gasteiger partial charge in [0, 0.05) is 24.6 Å². The predicted octanol–water partition coefficient (Wildman–Crippen LogP) is 2.46. The number of carbonyl (C=O) groups excluding carboxylic acids is 1. The van der Waals surface area contributed by atoms with Crippen molar-refractivity contribution >= 4 is 17.4 Å². The third kappa shape index (κ3) is 3.80. The molecule has 0 fully saturated rings. The number of nitrogens with one attached hydrogen (secondary N) is 1. The van der Waals surface area contributed by atoms with E-state index in [-0.39, 0.29) is 29.4 Å². The van der Waals surface area contributed by atoms with Crippen molar-refractivity contribution in [1.82, 2.24) is 24.5 Å². The van der Waals surface area contributed by atoms with Gasteiger partial charge in [-0.05, 0) is 37.9 Å². The first-order valence-corrected chi connectivity index (χ1v) is 7.57. The molecule has 0 saturated carbocycles. The zero-order valence-electron chi connectivity index (χ0n) is 13.9. The molecule has 10 heteroatoms. The van der Waals surface area contributed by atoms with Gasteiger partial charge < -0.3 is 10.2 Å². The zero-order chi connectivity index (χ0) is 18.9. The lowest BCUT2D eigenvalue weighted by Crippen LogP contribution is -2.18. The van der Waals surface area contributed by atoms with Crippen molar-refractivity contribution in [3.8, 4) is 0 Å². The highest BCUT2D eigenvalue weighted by Gasteiger charge is 2.33. The highest BCUT2D eigenvalue weighted by Crippen LogP contribution is 2.34. The van der Waals surface area contributed by atoms with Gasteiger partial charge in [0.2, 0.25) is 5.82 Å². The number of amides is 1. The summed E-state index contributed by atoms with van der Waals surface area (Å²) in [5, 5.41) is 6.33. The molecule has 0 spiro atoms. The summed E-state index contributed by atoms with van der Waals surface area (Å²) in [6.45, 7) is 0.128. The van der Waals surface area contributed by atoms with Crippen LogP contribution in [0.5, 0.6) is 0 Å². The van der Waals surface area contributed by atoms with Crippen molar-refractivity contribution in [2.75, 3.05) is 19.4 Å². The highest BCUT2D eigenvalue weighted by molar-refractivity contribution is 6.01. The second kappa shape index (κ2) is 6.71. The number of aromatic nitrogens is 4. The average molecular weight is 364 g/mol. The number of fused-ring (bicyclic) bond motifs is 1. The van der Waals surface area contributed by atoms with Gasteiger partial charge in [-0.15, -0.1) is 5.10 Å². The van der Waals surface area contributed by atoms with Gasteiger partial charge in [0.1, 0.15) is 0 Å². The van der Waals surface area contributed by atoms with Crippen molar-refractivity contribution in [2.45, 2.75) is 12.7 Å². The van der Waals surface area contributed by atoms with Gasteiger partial charge in [-0.3, -0.25) is 4.79 Å². The summed E-state index contributed by atoms with van der Waals surface area (Å²) in [5.74, 6) is -0.687. The van der Waals surface area contributed by atoms with Crippen LogP contribution in [0.15, 0.2) is 36.7 Å². The van der Waals surface area contributed by atoms with Crippen LogP contribution >= 0.6 is 0 Å². The normalized spacial score (nSPS) is 11.9. The molecule has 0 saturated heterocycles. The van der Waals surface area contributed by atoms with E-state index in [1.165, 1.54) is 22.8 Å². The Labute approximate surface area is 146 Å². The molecule has 3 rings (SSSR count).